The van der Waals surface area contributed by atoms with Crippen LogP contribution in [0.15, 0.2) is 46.1 Å². The van der Waals surface area contributed by atoms with Gasteiger partial charge in [-0.15, -0.1) is 0 Å². The van der Waals surface area contributed by atoms with Crippen molar-refractivity contribution in [2.24, 2.45) is 7.05 Å². The standard InChI is InChI=1S/C14H10F2N2O3S2/c1-18-11-5-3-9(7-12(11)22-14(18)19)17-23(20,21)13-6-8(15)2-4-10(13)16/h2-7,17H,1H3. The van der Waals surface area contributed by atoms with Crippen molar-refractivity contribution in [1.29, 1.82) is 0 Å². The van der Waals surface area contributed by atoms with E-state index in [0.29, 0.717) is 16.3 Å². The largest absolute Gasteiger partial charge is 0.307 e. The molecule has 120 valence electrons. The molecule has 0 saturated carbocycles. The third kappa shape index (κ3) is 2.84. The van der Waals surface area contributed by atoms with E-state index in [2.05, 4.69) is 4.72 Å². The van der Waals surface area contributed by atoms with Crippen molar-refractivity contribution in [3.05, 3.63) is 57.7 Å². The van der Waals surface area contributed by atoms with Gasteiger partial charge in [-0.25, -0.2) is 17.2 Å². The quantitative estimate of drug-likeness (QED) is 0.784. The summed E-state index contributed by atoms with van der Waals surface area (Å²) in [5.74, 6) is -1.91. The van der Waals surface area contributed by atoms with E-state index in [1.54, 1.807) is 13.1 Å². The summed E-state index contributed by atoms with van der Waals surface area (Å²) in [6, 6.07) is 6.68. The molecule has 23 heavy (non-hydrogen) atoms. The first-order chi connectivity index (χ1) is 10.8. The van der Waals surface area contributed by atoms with E-state index in [0.717, 1.165) is 23.5 Å². The Bertz CT molecular complexity index is 1070. The number of rotatable bonds is 3. The van der Waals surface area contributed by atoms with Gasteiger partial charge in [-0.05, 0) is 36.4 Å². The molecule has 3 rings (SSSR count). The second kappa shape index (κ2) is 5.43. The third-order valence-electron chi connectivity index (χ3n) is 3.23. The van der Waals surface area contributed by atoms with Gasteiger partial charge in [0, 0.05) is 7.05 Å². The summed E-state index contributed by atoms with van der Waals surface area (Å²) in [6.45, 7) is 0. The summed E-state index contributed by atoms with van der Waals surface area (Å²) in [5, 5.41) is 0. The summed E-state index contributed by atoms with van der Waals surface area (Å²) >= 11 is 0.959. The summed E-state index contributed by atoms with van der Waals surface area (Å²) in [6.07, 6.45) is 0. The molecule has 0 aliphatic rings. The van der Waals surface area contributed by atoms with Crippen LogP contribution in [0.1, 0.15) is 0 Å². The van der Waals surface area contributed by atoms with Crippen LogP contribution >= 0.6 is 11.3 Å². The van der Waals surface area contributed by atoms with Gasteiger partial charge in [0.05, 0.1) is 15.9 Å². The van der Waals surface area contributed by atoms with E-state index in [4.69, 9.17) is 0 Å². The van der Waals surface area contributed by atoms with Crippen molar-refractivity contribution in [3.8, 4) is 0 Å². The number of hydrogen-bond donors (Lipinski definition) is 1. The smallest absolute Gasteiger partial charge is 0.302 e. The molecule has 0 saturated heterocycles. The average Bonchev–Trinajstić information content (AvgIpc) is 2.75. The number of nitrogens with zero attached hydrogens (tertiary/aromatic N) is 1. The normalized spacial score (nSPS) is 11.8. The highest BCUT2D eigenvalue weighted by Gasteiger charge is 2.20. The minimum Gasteiger partial charge on any atom is -0.302 e. The molecule has 1 N–H and O–H groups in total. The number of thiazole rings is 1. The fourth-order valence-electron chi connectivity index (χ4n) is 2.09. The van der Waals surface area contributed by atoms with Crippen molar-refractivity contribution in [3.63, 3.8) is 0 Å². The number of sulfonamides is 1. The predicted octanol–water partition coefficient (Wildman–Crippen LogP) is 2.68. The van der Waals surface area contributed by atoms with E-state index in [-0.39, 0.29) is 10.6 Å². The second-order valence-electron chi connectivity index (χ2n) is 4.79. The molecule has 0 atom stereocenters. The lowest BCUT2D eigenvalue weighted by Gasteiger charge is -2.09. The number of aryl methyl sites for hydroxylation is 1. The molecule has 0 unspecified atom stereocenters. The van der Waals surface area contributed by atoms with Gasteiger partial charge in [0.1, 0.15) is 16.5 Å². The SMILES string of the molecule is Cn1c(=O)sc2cc(NS(=O)(=O)c3cc(F)ccc3F)ccc21. The first-order valence-electron chi connectivity index (χ1n) is 6.35. The van der Waals surface area contributed by atoms with Crippen LogP contribution < -0.4 is 9.60 Å². The lowest BCUT2D eigenvalue weighted by Crippen LogP contribution is -2.14. The molecule has 2 aromatic carbocycles. The number of benzene rings is 2. The first kappa shape index (κ1) is 15.6. The van der Waals surface area contributed by atoms with Gasteiger partial charge < -0.3 is 4.57 Å². The van der Waals surface area contributed by atoms with Crippen molar-refractivity contribution >= 4 is 37.3 Å². The Morgan fingerprint density at radius 2 is 1.87 bits per heavy atom. The number of anilines is 1. The van der Waals surface area contributed by atoms with E-state index in [1.807, 2.05) is 0 Å². The van der Waals surface area contributed by atoms with Gasteiger partial charge in [0.2, 0.25) is 0 Å². The number of halogens is 2. The maximum Gasteiger partial charge on any atom is 0.307 e. The van der Waals surface area contributed by atoms with Gasteiger partial charge in [-0.1, -0.05) is 11.3 Å². The van der Waals surface area contributed by atoms with E-state index < -0.39 is 26.6 Å². The Morgan fingerprint density at radius 1 is 1.13 bits per heavy atom. The van der Waals surface area contributed by atoms with E-state index in [9.17, 15) is 22.0 Å². The van der Waals surface area contributed by atoms with Gasteiger partial charge >= 0.3 is 4.87 Å². The summed E-state index contributed by atoms with van der Waals surface area (Å²) in [4.78, 5) is 10.6. The Kier molecular flexibility index (Phi) is 3.69. The Morgan fingerprint density at radius 3 is 2.61 bits per heavy atom. The summed E-state index contributed by atoms with van der Waals surface area (Å²) in [7, 11) is -2.68. The fourth-order valence-corrected chi connectivity index (χ4v) is 4.15. The maximum absolute atomic E-state index is 13.6. The molecule has 9 heteroatoms. The highest BCUT2D eigenvalue weighted by atomic mass is 32.2. The van der Waals surface area contributed by atoms with Crippen LogP contribution in [0, 0.1) is 11.6 Å². The zero-order chi connectivity index (χ0) is 16.8. The van der Waals surface area contributed by atoms with Gasteiger partial charge in [-0.3, -0.25) is 9.52 Å². The number of nitrogens with one attached hydrogen (secondary N) is 1. The lowest BCUT2D eigenvalue weighted by molar-refractivity contribution is 0.555. The van der Waals surface area contributed by atoms with Crippen LogP contribution in [0.2, 0.25) is 0 Å². The van der Waals surface area contributed by atoms with E-state index >= 15 is 0 Å². The van der Waals surface area contributed by atoms with E-state index in [1.165, 1.54) is 16.7 Å². The minimum atomic E-state index is -4.28. The van der Waals surface area contributed by atoms with Crippen LogP contribution in [0.5, 0.6) is 0 Å². The molecule has 1 aromatic heterocycles. The topological polar surface area (TPSA) is 68.2 Å². The van der Waals surface area contributed by atoms with Gasteiger partial charge in [0.15, 0.2) is 0 Å². The van der Waals surface area contributed by atoms with Crippen molar-refractivity contribution in [1.82, 2.24) is 4.57 Å². The van der Waals surface area contributed by atoms with Crippen LogP contribution in [0.25, 0.3) is 10.2 Å². The van der Waals surface area contributed by atoms with Crippen LogP contribution in [0.4, 0.5) is 14.5 Å². The van der Waals surface area contributed by atoms with Crippen LogP contribution in [0.3, 0.4) is 0 Å². The zero-order valence-corrected chi connectivity index (χ0v) is 13.3. The lowest BCUT2D eigenvalue weighted by atomic mass is 10.3. The molecule has 0 aliphatic carbocycles. The summed E-state index contributed by atoms with van der Waals surface area (Å²) in [5.41, 5.74) is 0.808. The molecule has 0 bridgehead atoms. The molecule has 5 nitrogen and oxygen atoms in total. The van der Waals surface area contributed by atoms with Gasteiger partial charge in [0.25, 0.3) is 10.0 Å². The minimum absolute atomic E-state index is 0.156. The molecular weight excluding hydrogens is 346 g/mol. The number of aromatic nitrogens is 1. The highest BCUT2D eigenvalue weighted by molar-refractivity contribution is 7.92. The van der Waals surface area contributed by atoms with Crippen molar-refractivity contribution in [2.45, 2.75) is 4.90 Å². The molecule has 0 aliphatic heterocycles. The molecule has 0 fully saturated rings. The molecular formula is C14H10F2N2O3S2. The summed E-state index contributed by atoms with van der Waals surface area (Å²) < 4.78 is 55.4. The van der Waals surface area contributed by atoms with Crippen molar-refractivity contribution < 1.29 is 17.2 Å². The number of hydrogen-bond acceptors (Lipinski definition) is 4. The molecule has 0 amide bonds. The Hall–Kier alpha value is -2.26. The maximum atomic E-state index is 13.6. The monoisotopic (exact) mass is 356 g/mol. The third-order valence-corrected chi connectivity index (χ3v) is 5.62. The number of fused-ring (bicyclic) bond motifs is 1. The Balaban J connectivity index is 2.03. The second-order valence-corrected chi connectivity index (χ2v) is 7.43. The zero-order valence-electron chi connectivity index (χ0n) is 11.7. The highest BCUT2D eigenvalue weighted by Crippen LogP contribution is 2.24. The van der Waals surface area contributed by atoms with Crippen LogP contribution in [-0.4, -0.2) is 13.0 Å². The first-order valence-corrected chi connectivity index (χ1v) is 8.65. The molecule has 3 aromatic rings. The molecule has 1 heterocycles. The Labute approximate surface area is 133 Å². The fraction of sp³-hybridized carbons (Fsp3) is 0.0714. The predicted molar refractivity (Wildman–Crippen MR) is 84.2 cm³/mol. The van der Waals surface area contributed by atoms with Crippen molar-refractivity contribution in [2.75, 3.05) is 4.72 Å². The van der Waals surface area contributed by atoms with Gasteiger partial charge in [-0.2, -0.15) is 0 Å². The molecule has 0 radical (unpaired) electrons. The van der Waals surface area contributed by atoms with Crippen LogP contribution in [-0.2, 0) is 17.1 Å². The average molecular weight is 356 g/mol. The molecule has 0 spiro atoms.